The van der Waals surface area contributed by atoms with Crippen molar-refractivity contribution in [2.24, 2.45) is 0 Å². The molecule has 7 heteroatoms. The third kappa shape index (κ3) is 6.25. The number of nitrogens with two attached hydrogens (primary N) is 1. The van der Waals surface area contributed by atoms with Gasteiger partial charge < -0.3 is 16.4 Å². The number of amides is 2. The van der Waals surface area contributed by atoms with Crippen molar-refractivity contribution in [2.75, 3.05) is 12.3 Å². The zero-order chi connectivity index (χ0) is 14.4. The summed E-state index contributed by atoms with van der Waals surface area (Å²) in [4.78, 5) is 23.2. The molecule has 0 radical (unpaired) electrons. The maximum absolute atomic E-state index is 11.8. The predicted molar refractivity (Wildman–Crippen MR) is 86.0 cm³/mol. The van der Waals surface area contributed by atoms with Gasteiger partial charge in [0.2, 0.25) is 5.91 Å². The van der Waals surface area contributed by atoms with Crippen LogP contribution in [0.2, 0.25) is 0 Å². The molecule has 0 bridgehead atoms. The monoisotopic (exact) mass is 363 g/mol. The highest BCUT2D eigenvalue weighted by Crippen LogP contribution is 2.18. The first-order valence-corrected chi connectivity index (χ1v) is 6.82. The van der Waals surface area contributed by atoms with E-state index in [9.17, 15) is 9.59 Å². The Kier molecular flexibility index (Phi) is 8.25. The first-order chi connectivity index (χ1) is 8.90. The molecule has 0 atom stereocenters. The van der Waals surface area contributed by atoms with Gasteiger partial charge >= 0.3 is 0 Å². The van der Waals surface area contributed by atoms with Crippen LogP contribution in [0, 0.1) is 0 Å². The molecule has 0 aliphatic rings. The minimum absolute atomic E-state index is 0. The summed E-state index contributed by atoms with van der Waals surface area (Å²) in [6.07, 6.45) is 0.250. The highest BCUT2D eigenvalue weighted by Gasteiger charge is 2.10. The summed E-state index contributed by atoms with van der Waals surface area (Å²) < 4.78 is 0.817. The van der Waals surface area contributed by atoms with Crippen molar-refractivity contribution in [3.05, 3.63) is 28.2 Å². The smallest absolute Gasteiger partial charge is 0.253 e. The van der Waals surface area contributed by atoms with Gasteiger partial charge in [0.15, 0.2) is 0 Å². The number of nitrogen functional groups attached to an aromatic ring is 1. The van der Waals surface area contributed by atoms with Crippen LogP contribution >= 0.6 is 28.3 Å². The molecule has 0 saturated carbocycles. The molecule has 0 aromatic heterocycles. The van der Waals surface area contributed by atoms with E-state index in [1.807, 2.05) is 13.8 Å². The summed E-state index contributed by atoms with van der Waals surface area (Å²) in [7, 11) is 0. The molecule has 4 N–H and O–H groups in total. The normalized spacial score (nSPS) is 9.80. The van der Waals surface area contributed by atoms with Crippen LogP contribution in [0.25, 0.3) is 0 Å². The van der Waals surface area contributed by atoms with E-state index < -0.39 is 0 Å². The Morgan fingerprint density at radius 3 is 2.55 bits per heavy atom. The number of carbonyl (C=O) groups excluding carboxylic acids is 2. The molecule has 1 aromatic carbocycles. The Bertz CT molecular complexity index is 481. The molecule has 1 rings (SSSR count). The summed E-state index contributed by atoms with van der Waals surface area (Å²) in [6, 6.07) is 5.16. The third-order valence-electron chi connectivity index (χ3n) is 2.35. The maximum atomic E-state index is 11.8. The van der Waals surface area contributed by atoms with E-state index in [1.54, 1.807) is 18.2 Å². The molecule has 0 spiro atoms. The number of benzene rings is 1. The molecule has 0 saturated heterocycles. The van der Waals surface area contributed by atoms with Crippen LogP contribution < -0.4 is 16.4 Å². The number of halogens is 2. The Morgan fingerprint density at radius 1 is 1.35 bits per heavy atom. The number of carbonyl (C=O) groups is 2. The van der Waals surface area contributed by atoms with Crippen LogP contribution in [0.3, 0.4) is 0 Å². The summed E-state index contributed by atoms with van der Waals surface area (Å²) in [5.41, 5.74) is 6.56. The second-order valence-electron chi connectivity index (χ2n) is 4.46. The predicted octanol–water partition coefficient (Wildman–Crippen LogP) is 2.10. The first kappa shape index (κ1) is 18.7. The van der Waals surface area contributed by atoms with Crippen molar-refractivity contribution >= 4 is 45.8 Å². The largest absolute Gasteiger partial charge is 0.398 e. The van der Waals surface area contributed by atoms with Crippen LogP contribution in [0.5, 0.6) is 0 Å². The van der Waals surface area contributed by atoms with Gasteiger partial charge in [0.1, 0.15) is 0 Å². The van der Waals surface area contributed by atoms with Gasteiger partial charge in [-0.3, -0.25) is 9.59 Å². The molecular weight excluding hydrogens is 346 g/mol. The van der Waals surface area contributed by atoms with Gasteiger partial charge in [-0.15, -0.1) is 12.4 Å². The lowest BCUT2D eigenvalue weighted by atomic mass is 10.1. The molecule has 112 valence electrons. The fraction of sp³-hybridized carbons (Fsp3) is 0.385. The summed E-state index contributed by atoms with van der Waals surface area (Å²) in [5.74, 6) is -0.360. The van der Waals surface area contributed by atoms with Gasteiger partial charge in [-0.2, -0.15) is 0 Å². The lowest BCUT2D eigenvalue weighted by Crippen LogP contribution is -2.34. The summed E-state index contributed by atoms with van der Waals surface area (Å²) in [5, 5.41) is 5.42. The number of anilines is 1. The van der Waals surface area contributed by atoms with E-state index in [1.165, 1.54) is 0 Å². The Balaban J connectivity index is 0.00000361. The number of hydrogen-bond donors (Lipinski definition) is 3. The van der Waals surface area contributed by atoms with Crippen molar-refractivity contribution < 1.29 is 9.59 Å². The molecule has 1 aromatic rings. The van der Waals surface area contributed by atoms with E-state index in [2.05, 4.69) is 26.6 Å². The van der Waals surface area contributed by atoms with E-state index in [-0.39, 0.29) is 43.2 Å². The average Bonchev–Trinajstić information content (AvgIpc) is 2.27. The SMILES string of the molecule is CC(C)NC(=O)CCNC(=O)c1ccc(Br)cc1N.Cl. The third-order valence-corrected chi connectivity index (χ3v) is 2.84. The van der Waals surface area contributed by atoms with Crippen LogP contribution in [0.15, 0.2) is 22.7 Å². The molecule has 20 heavy (non-hydrogen) atoms. The number of rotatable bonds is 5. The van der Waals surface area contributed by atoms with Gasteiger partial charge in [0.05, 0.1) is 5.56 Å². The van der Waals surface area contributed by atoms with Gasteiger partial charge in [-0.05, 0) is 32.0 Å². The minimum atomic E-state index is -0.276. The molecule has 2 amide bonds. The lowest BCUT2D eigenvalue weighted by Gasteiger charge is -2.10. The van der Waals surface area contributed by atoms with Gasteiger partial charge in [-0.1, -0.05) is 15.9 Å². The quantitative estimate of drug-likeness (QED) is 0.700. The molecule has 5 nitrogen and oxygen atoms in total. The lowest BCUT2D eigenvalue weighted by molar-refractivity contribution is -0.121. The van der Waals surface area contributed by atoms with E-state index in [0.29, 0.717) is 11.3 Å². The Labute approximate surface area is 133 Å². The average molecular weight is 365 g/mol. The minimum Gasteiger partial charge on any atom is -0.398 e. The highest BCUT2D eigenvalue weighted by atomic mass is 79.9. The second-order valence-corrected chi connectivity index (χ2v) is 5.38. The number of nitrogens with one attached hydrogen (secondary N) is 2. The van der Waals surface area contributed by atoms with Gasteiger partial charge in [0, 0.05) is 29.2 Å². The van der Waals surface area contributed by atoms with Crippen molar-refractivity contribution in [1.29, 1.82) is 0 Å². The maximum Gasteiger partial charge on any atom is 0.253 e. The molecule has 0 aliphatic carbocycles. The van der Waals surface area contributed by atoms with Crippen LogP contribution in [0.1, 0.15) is 30.6 Å². The molecule has 0 heterocycles. The van der Waals surface area contributed by atoms with Crippen LogP contribution in [-0.2, 0) is 4.79 Å². The Hall–Kier alpha value is -1.27. The van der Waals surface area contributed by atoms with Gasteiger partial charge in [-0.25, -0.2) is 0 Å². The highest BCUT2D eigenvalue weighted by molar-refractivity contribution is 9.10. The fourth-order valence-electron chi connectivity index (χ4n) is 1.52. The van der Waals surface area contributed by atoms with Crippen molar-refractivity contribution in [3.8, 4) is 0 Å². The first-order valence-electron chi connectivity index (χ1n) is 6.02. The molecule has 0 fully saturated rings. The fourth-order valence-corrected chi connectivity index (χ4v) is 1.90. The molecule has 0 aliphatic heterocycles. The van der Waals surface area contributed by atoms with E-state index in [4.69, 9.17) is 5.73 Å². The van der Waals surface area contributed by atoms with Crippen molar-refractivity contribution in [2.45, 2.75) is 26.3 Å². The Morgan fingerprint density at radius 2 is 2.00 bits per heavy atom. The van der Waals surface area contributed by atoms with Crippen molar-refractivity contribution in [3.63, 3.8) is 0 Å². The summed E-state index contributed by atoms with van der Waals surface area (Å²) >= 11 is 3.28. The topological polar surface area (TPSA) is 84.2 Å². The molecular formula is C13H19BrClN3O2. The zero-order valence-electron chi connectivity index (χ0n) is 11.4. The standard InChI is InChI=1S/C13H18BrN3O2.ClH/c1-8(2)17-12(18)5-6-16-13(19)10-4-3-9(14)7-11(10)15;/h3-4,7-8H,5-6,15H2,1-2H3,(H,16,19)(H,17,18);1H. The van der Waals surface area contributed by atoms with Crippen LogP contribution in [0.4, 0.5) is 5.69 Å². The molecule has 0 unspecified atom stereocenters. The summed E-state index contributed by atoms with van der Waals surface area (Å²) in [6.45, 7) is 4.06. The van der Waals surface area contributed by atoms with Crippen LogP contribution in [-0.4, -0.2) is 24.4 Å². The zero-order valence-corrected chi connectivity index (χ0v) is 13.8. The van der Waals surface area contributed by atoms with E-state index >= 15 is 0 Å². The number of hydrogen-bond acceptors (Lipinski definition) is 3. The van der Waals surface area contributed by atoms with Gasteiger partial charge in [0.25, 0.3) is 5.91 Å². The van der Waals surface area contributed by atoms with E-state index in [0.717, 1.165) is 4.47 Å². The second kappa shape index (κ2) is 8.81. The van der Waals surface area contributed by atoms with Crippen molar-refractivity contribution in [1.82, 2.24) is 10.6 Å².